The second-order valence-corrected chi connectivity index (χ2v) is 5.22. The minimum absolute atomic E-state index is 0.425. The maximum atomic E-state index is 5.85. The quantitative estimate of drug-likeness (QED) is 0.842. The molecule has 0 aliphatic rings. The summed E-state index contributed by atoms with van der Waals surface area (Å²) in [5.74, 6) is 0.655. The van der Waals surface area contributed by atoms with Gasteiger partial charge in [0.15, 0.2) is 11.0 Å². The summed E-state index contributed by atoms with van der Waals surface area (Å²) in [5.41, 5.74) is 8.82. The summed E-state index contributed by atoms with van der Waals surface area (Å²) in [6.07, 6.45) is 1.12. The molecule has 0 saturated carbocycles. The first-order chi connectivity index (χ1) is 8.50. The normalized spacial score (nSPS) is 13.2. The molecule has 0 aliphatic heterocycles. The monoisotopic (exact) mass is 248 g/mol. The van der Waals surface area contributed by atoms with Crippen molar-refractivity contribution in [2.24, 2.45) is 5.92 Å². The van der Waals surface area contributed by atoms with Gasteiger partial charge in [-0.15, -0.1) is 0 Å². The lowest BCUT2D eigenvalue weighted by Crippen LogP contribution is -2.30. The number of fused-ring (bicyclic) bond motifs is 1. The fourth-order valence-corrected chi connectivity index (χ4v) is 2.23. The van der Waals surface area contributed by atoms with Crippen molar-refractivity contribution in [2.45, 2.75) is 33.2 Å². The fourth-order valence-electron chi connectivity index (χ4n) is 2.23. The van der Waals surface area contributed by atoms with Gasteiger partial charge in [-0.3, -0.25) is 0 Å². The van der Waals surface area contributed by atoms with Crippen LogP contribution in [0.2, 0.25) is 0 Å². The molecule has 98 valence electrons. The summed E-state index contributed by atoms with van der Waals surface area (Å²) >= 11 is 0. The van der Waals surface area contributed by atoms with Crippen LogP contribution in [0.15, 0.2) is 16.8 Å². The van der Waals surface area contributed by atoms with Crippen molar-refractivity contribution >= 4 is 22.4 Å². The minimum Gasteiger partial charge on any atom is -0.397 e. The molecule has 0 bridgehead atoms. The third kappa shape index (κ3) is 2.25. The smallest absolute Gasteiger partial charge is 0.160 e. The van der Waals surface area contributed by atoms with Crippen LogP contribution in [0.1, 0.15) is 27.2 Å². The largest absolute Gasteiger partial charge is 0.397 e. The molecular formula is C13H20N4O. The van der Waals surface area contributed by atoms with Crippen LogP contribution in [0.3, 0.4) is 0 Å². The van der Waals surface area contributed by atoms with Crippen LogP contribution in [-0.4, -0.2) is 23.4 Å². The summed E-state index contributed by atoms with van der Waals surface area (Å²) in [4.78, 5) is 2.20. The van der Waals surface area contributed by atoms with Crippen LogP contribution >= 0.6 is 0 Å². The Kier molecular flexibility index (Phi) is 3.41. The molecule has 18 heavy (non-hydrogen) atoms. The maximum Gasteiger partial charge on any atom is 0.160 e. The zero-order chi connectivity index (χ0) is 13.3. The molecule has 1 aromatic carbocycles. The van der Waals surface area contributed by atoms with Crippen molar-refractivity contribution in [1.82, 2.24) is 10.3 Å². The van der Waals surface area contributed by atoms with E-state index in [1.165, 1.54) is 0 Å². The highest BCUT2D eigenvalue weighted by Gasteiger charge is 2.17. The Morgan fingerprint density at radius 2 is 1.89 bits per heavy atom. The van der Waals surface area contributed by atoms with Crippen LogP contribution < -0.4 is 10.6 Å². The molecule has 0 amide bonds. The van der Waals surface area contributed by atoms with Gasteiger partial charge in [-0.1, -0.05) is 13.8 Å². The number of nitrogen functional groups attached to an aromatic ring is 1. The van der Waals surface area contributed by atoms with Crippen LogP contribution in [-0.2, 0) is 0 Å². The number of anilines is 2. The Bertz CT molecular complexity index is 535. The van der Waals surface area contributed by atoms with Gasteiger partial charge >= 0.3 is 0 Å². The lowest BCUT2D eigenvalue weighted by Gasteiger charge is -2.28. The van der Waals surface area contributed by atoms with E-state index in [0.29, 0.717) is 23.2 Å². The van der Waals surface area contributed by atoms with Crippen LogP contribution in [0.5, 0.6) is 0 Å². The molecule has 0 spiro atoms. The first kappa shape index (κ1) is 12.7. The molecule has 5 heteroatoms. The summed E-state index contributed by atoms with van der Waals surface area (Å²) in [5, 5.41) is 7.80. The number of aromatic nitrogens is 2. The number of benzene rings is 1. The highest BCUT2D eigenvalue weighted by Crippen LogP contribution is 2.29. The van der Waals surface area contributed by atoms with Gasteiger partial charge in [0.1, 0.15) is 0 Å². The van der Waals surface area contributed by atoms with Crippen molar-refractivity contribution in [3.8, 4) is 0 Å². The molecule has 1 aromatic heterocycles. The zero-order valence-corrected chi connectivity index (χ0v) is 11.3. The van der Waals surface area contributed by atoms with Gasteiger partial charge in [0.05, 0.1) is 11.4 Å². The van der Waals surface area contributed by atoms with Crippen molar-refractivity contribution in [2.75, 3.05) is 17.7 Å². The zero-order valence-electron chi connectivity index (χ0n) is 11.3. The second-order valence-electron chi connectivity index (χ2n) is 5.22. The van der Waals surface area contributed by atoms with E-state index < -0.39 is 0 Å². The molecule has 0 aliphatic carbocycles. The van der Waals surface area contributed by atoms with E-state index in [1.54, 1.807) is 0 Å². The fraction of sp³-hybridized carbons (Fsp3) is 0.538. The molecule has 1 atom stereocenters. The van der Waals surface area contributed by atoms with Crippen LogP contribution in [0.4, 0.5) is 11.4 Å². The molecule has 0 radical (unpaired) electrons. The van der Waals surface area contributed by atoms with E-state index >= 15 is 0 Å². The van der Waals surface area contributed by atoms with E-state index in [9.17, 15) is 0 Å². The van der Waals surface area contributed by atoms with E-state index in [4.69, 9.17) is 10.4 Å². The second kappa shape index (κ2) is 4.84. The van der Waals surface area contributed by atoms with E-state index in [-0.39, 0.29) is 0 Å². The molecule has 1 heterocycles. The highest BCUT2D eigenvalue weighted by atomic mass is 16.6. The number of hydrogen-bond donors (Lipinski definition) is 1. The van der Waals surface area contributed by atoms with Gasteiger partial charge in [0, 0.05) is 13.1 Å². The summed E-state index contributed by atoms with van der Waals surface area (Å²) in [6, 6.07) is 4.24. The molecule has 2 aromatic rings. The summed E-state index contributed by atoms with van der Waals surface area (Å²) in [7, 11) is 2.06. The van der Waals surface area contributed by atoms with Gasteiger partial charge in [-0.2, -0.15) is 0 Å². The predicted octanol–water partition coefficient (Wildman–Crippen LogP) is 2.68. The van der Waals surface area contributed by atoms with Crippen LogP contribution in [0, 0.1) is 5.92 Å². The lowest BCUT2D eigenvalue weighted by atomic mass is 10.0. The van der Waals surface area contributed by atoms with Crippen molar-refractivity contribution in [3.63, 3.8) is 0 Å². The Labute approximate surface area is 107 Å². The number of nitrogens with two attached hydrogens (primary N) is 1. The number of hydrogen-bond acceptors (Lipinski definition) is 5. The third-order valence-corrected chi connectivity index (χ3v) is 3.28. The Balaban J connectivity index is 2.36. The van der Waals surface area contributed by atoms with Gasteiger partial charge < -0.3 is 10.6 Å². The van der Waals surface area contributed by atoms with Crippen LogP contribution in [0.25, 0.3) is 11.0 Å². The Morgan fingerprint density at radius 1 is 1.22 bits per heavy atom. The topological polar surface area (TPSA) is 68.2 Å². The van der Waals surface area contributed by atoms with E-state index in [2.05, 4.69) is 43.0 Å². The van der Waals surface area contributed by atoms with Gasteiger partial charge in [0.2, 0.25) is 0 Å². The minimum atomic E-state index is 0.425. The average molecular weight is 248 g/mol. The molecule has 1 unspecified atom stereocenters. The molecular weight excluding hydrogens is 228 g/mol. The molecule has 0 saturated heterocycles. The Hall–Kier alpha value is -1.78. The first-order valence-corrected chi connectivity index (χ1v) is 6.24. The maximum absolute atomic E-state index is 5.85. The summed E-state index contributed by atoms with van der Waals surface area (Å²) < 4.78 is 4.79. The Morgan fingerprint density at radius 3 is 2.56 bits per heavy atom. The van der Waals surface area contributed by atoms with Gasteiger partial charge in [-0.05, 0) is 41.7 Å². The van der Waals surface area contributed by atoms with Crippen molar-refractivity contribution in [1.29, 1.82) is 0 Å². The van der Waals surface area contributed by atoms with Crippen molar-refractivity contribution < 1.29 is 4.63 Å². The number of rotatable bonds is 4. The number of nitrogens with zero attached hydrogens (tertiary/aromatic N) is 3. The predicted molar refractivity (Wildman–Crippen MR) is 73.5 cm³/mol. The molecule has 2 N–H and O–H groups in total. The van der Waals surface area contributed by atoms with Gasteiger partial charge in [0.25, 0.3) is 0 Å². The van der Waals surface area contributed by atoms with E-state index in [1.807, 2.05) is 12.1 Å². The lowest BCUT2D eigenvalue weighted by molar-refractivity contribution is 0.315. The average Bonchev–Trinajstić information content (AvgIpc) is 2.77. The first-order valence-electron chi connectivity index (χ1n) is 6.24. The third-order valence-electron chi connectivity index (χ3n) is 3.28. The molecule has 5 nitrogen and oxygen atoms in total. The van der Waals surface area contributed by atoms with E-state index in [0.717, 1.165) is 17.6 Å². The molecule has 0 fully saturated rings. The highest BCUT2D eigenvalue weighted by molar-refractivity contribution is 5.95. The molecule has 2 rings (SSSR count). The SMILES string of the molecule is CC(C)CC(C)N(C)c1ccc(N)c2nonc12. The summed E-state index contributed by atoms with van der Waals surface area (Å²) in [6.45, 7) is 6.65. The standard InChI is InChI=1S/C13H20N4O/c1-8(2)7-9(3)17(4)11-6-5-10(14)12-13(11)16-18-15-12/h5-6,8-9H,7,14H2,1-4H3. The van der Waals surface area contributed by atoms with Gasteiger partial charge in [-0.25, -0.2) is 4.63 Å². The van der Waals surface area contributed by atoms with Crippen molar-refractivity contribution in [3.05, 3.63) is 12.1 Å².